The van der Waals surface area contributed by atoms with Crippen molar-refractivity contribution in [1.82, 2.24) is 4.72 Å². The molecule has 0 bridgehead atoms. The van der Waals surface area contributed by atoms with E-state index in [0.717, 1.165) is 0 Å². The minimum absolute atomic E-state index is 0.0128. The summed E-state index contributed by atoms with van der Waals surface area (Å²) in [5.41, 5.74) is 0.0128. The second kappa shape index (κ2) is 7.94. The monoisotopic (exact) mass is 313 g/mol. The largest absolute Gasteiger partial charge is 0.465 e. The lowest BCUT2D eigenvalue weighted by Gasteiger charge is -2.09. The average molecular weight is 313 g/mol. The van der Waals surface area contributed by atoms with Crippen LogP contribution in [-0.2, 0) is 14.8 Å². The highest BCUT2D eigenvalue weighted by molar-refractivity contribution is 7.99. The van der Waals surface area contributed by atoms with Crippen LogP contribution in [0.3, 0.4) is 0 Å². The molecule has 0 spiro atoms. The molecule has 0 aliphatic carbocycles. The van der Waals surface area contributed by atoms with E-state index >= 15 is 0 Å². The number of methoxy groups -OCH3 is 1. The van der Waals surface area contributed by atoms with Gasteiger partial charge in [0.1, 0.15) is 0 Å². The van der Waals surface area contributed by atoms with E-state index < -0.39 is 16.0 Å². The van der Waals surface area contributed by atoms with Gasteiger partial charge in [0.05, 0.1) is 23.3 Å². The summed E-state index contributed by atoms with van der Waals surface area (Å²) in [5.74, 6) is 2.85. The molecule has 5 nitrogen and oxygen atoms in total. The molecular weight excluding hydrogens is 298 g/mol. The van der Waals surface area contributed by atoms with Crippen LogP contribution in [-0.4, -0.2) is 39.5 Å². The third-order valence-electron chi connectivity index (χ3n) is 2.31. The molecule has 0 unspecified atom stereocenters. The van der Waals surface area contributed by atoms with Gasteiger partial charge in [0, 0.05) is 12.3 Å². The van der Waals surface area contributed by atoms with Gasteiger partial charge < -0.3 is 4.74 Å². The maximum Gasteiger partial charge on any atom is 0.339 e. The van der Waals surface area contributed by atoms with Crippen molar-refractivity contribution in [3.05, 3.63) is 29.8 Å². The topological polar surface area (TPSA) is 72.5 Å². The minimum Gasteiger partial charge on any atom is -0.465 e. The maximum atomic E-state index is 12.1. The summed E-state index contributed by atoms with van der Waals surface area (Å²) in [6.45, 7) is 0.240. The second-order valence-corrected chi connectivity index (χ2v) is 6.48. The average Bonchev–Trinajstić information content (AvgIpc) is 2.46. The molecule has 0 saturated heterocycles. The van der Waals surface area contributed by atoms with E-state index in [2.05, 4.69) is 15.4 Å². The van der Waals surface area contributed by atoms with Crippen LogP contribution >= 0.6 is 11.8 Å². The Labute approximate surface area is 123 Å². The van der Waals surface area contributed by atoms with E-state index in [0.29, 0.717) is 11.5 Å². The normalized spacial score (nSPS) is 10.8. The van der Waals surface area contributed by atoms with Gasteiger partial charge in [0.25, 0.3) is 0 Å². The van der Waals surface area contributed by atoms with Crippen molar-refractivity contribution in [2.45, 2.75) is 4.90 Å². The second-order valence-electron chi connectivity index (χ2n) is 3.64. The zero-order chi connectivity index (χ0) is 15.0. The van der Waals surface area contributed by atoms with Gasteiger partial charge in [-0.1, -0.05) is 18.1 Å². The van der Waals surface area contributed by atoms with Crippen LogP contribution in [0, 0.1) is 12.3 Å². The van der Waals surface area contributed by atoms with Crippen molar-refractivity contribution in [1.29, 1.82) is 0 Å². The minimum atomic E-state index is -3.75. The van der Waals surface area contributed by atoms with Crippen LogP contribution in [0.1, 0.15) is 10.4 Å². The van der Waals surface area contributed by atoms with Gasteiger partial charge in [-0.05, 0) is 12.1 Å². The Morgan fingerprint density at radius 2 is 2.15 bits per heavy atom. The molecule has 1 rings (SSSR count). The van der Waals surface area contributed by atoms with Crippen LogP contribution in [0.4, 0.5) is 0 Å². The third-order valence-corrected chi connectivity index (χ3v) is 4.69. The van der Waals surface area contributed by atoms with E-state index in [1.807, 2.05) is 0 Å². The molecule has 1 aromatic carbocycles. The van der Waals surface area contributed by atoms with Gasteiger partial charge in [0.2, 0.25) is 10.0 Å². The number of sulfonamides is 1. The molecule has 0 heterocycles. The SMILES string of the molecule is C#CCSCCNS(=O)(=O)c1ccccc1C(=O)OC. The summed E-state index contributed by atoms with van der Waals surface area (Å²) in [6, 6.07) is 5.90. The molecule has 1 N–H and O–H groups in total. The fraction of sp³-hybridized carbons (Fsp3) is 0.308. The molecule has 0 aromatic heterocycles. The molecule has 0 fully saturated rings. The van der Waals surface area contributed by atoms with Gasteiger partial charge >= 0.3 is 5.97 Å². The molecule has 1 aromatic rings. The van der Waals surface area contributed by atoms with Crippen LogP contribution in [0.2, 0.25) is 0 Å². The first-order valence-corrected chi connectivity index (χ1v) is 8.35. The van der Waals surface area contributed by atoms with Gasteiger partial charge in [-0.15, -0.1) is 18.2 Å². The van der Waals surface area contributed by atoms with Gasteiger partial charge in [-0.2, -0.15) is 0 Å². The summed E-state index contributed by atoms with van der Waals surface area (Å²) >= 11 is 1.45. The quantitative estimate of drug-likeness (QED) is 0.464. The molecule has 108 valence electrons. The molecule has 0 radical (unpaired) electrons. The Balaban J connectivity index is 2.83. The van der Waals surface area contributed by atoms with Crippen molar-refractivity contribution in [2.75, 3.05) is 25.2 Å². The number of terminal acetylenes is 1. The van der Waals surface area contributed by atoms with Gasteiger partial charge in [-0.25, -0.2) is 17.9 Å². The standard InChI is InChI=1S/C13H15NO4S2/c1-3-9-19-10-8-14-20(16,17)12-7-5-4-6-11(12)13(15)18-2/h1,4-7,14H,8-10H2,2H3. The first-order valence-electron chi connectivity index (χ1n) is 5.71. The van der Waals surface area contributed by atoms with Crippen molar-refractivity contribution < 1.29 is 17.9 Å². The van der Waals surface area contributed by atoms with Crippen LogP contribution < -0.4 is 4.72 Å². The number of rotatable bonds is 7. The van der Waals surface area contributed by atoms with Gasteiger partial charge in [0.15, 0.2) is 0 Å². The summed E-state index contributed by atoms with van der Waals surface area (Å²) < 4.78 is 31.3. The zero-order valence-electron chi connectivity index (χ0n) is 11.0. The number of thioether (sulfide) groups is 1. The van der Waals surface area contributed by atoms with E-state index in [1.54, 1.807) is 12.1 Å². The molecule has 0 atom stereocenters. The summed E-state index contributed by atoms with van der Waals surface area (Å²) in [4.78, 5) is 11.5. The lowest BCUT2D eigenvalue weighted by atomic mass is 10.2. The smallest absolute Gasteiger partial charge is 0.339 e. The molecule has 0 aliphatic rings. The predicted octanol–water partition coefficient (Wildman–Crippen LogP) is 1.12. The number of nitrogens with one attached hydrogen (secondary N) is 1. The fourth-order valence-corrected chi connectivity index (χ4v) is 3.30. The van der Waals surface area contributed by atoms with Crippen molar-refractivity contribution in [3.63, 3.8) is 0 Å². The predicted molar refractivity (Wildman–Crippen MR) is 79.1 cm³/mol. The first kappa shape index (κ1) is 16.6. The Hall–Kier alpha value is -1.49. The number of carbonyl (C=O) groups is 1. The molecule has 0 amide bonds. The Morgan fingerprint density at radius 1 is 1.45 bits per heavy atom. The summed E-state index contributed by atoms with van der Waals surface area (Å²) in [5, 5.41) is 0. The Kier molecular flexibility index (Phi) is 6.58. The number of ether oxygens (including phenoxy) is 1. The summed E-state index contributed by atoms with van der Waals surface area (Å²) in [6.07, 6.45) is 5.10. The van der Waals surface area contributed by atoms with E-state index in [-0.39, 0.29) is 17.0 Å². The fourth-order valence-electron chi connectivity index (χ4n) is 1.44. The van der Waals surface area contributed by atoms with Crippen LogP contribution in [0.5, 0.6) is 0 Å². The van der Waals surface area contributed by atoms with Gasteiger partial charge in [-0.3, -0.25) is 0 Å². The lowest BCUT2D eigenvalue weighted by Crippen LogP contribution is -2.27. The highest BCUT2D eigenvalue weighted by Crippen LogP contribution is 2.16. The number of benzene rings is 1. The molecular formula is C13H15NO4S2. The number of hydrogen-bond donors (Lipinski definition) is 1. The molecule has 7 heteroatoms. The van der Waals surface area contributed by atoms with E-state index in [4.69, 9.17) is 6.42 Å². The lowest BCUT2D eigenvalue weighted by molar-refractivity contribution is 0.0596. The first-order chi connectivity index (χ1) is 9.53. The molecule has 0 saturated carbocycles. The van der Waals surface area contributed by atoms with Crippen molar-refractivity contribution in [3.8, 4) is 12.3 Å². The Morgan fingerprint density at radius 3 is 2.80 bits per heavy atom. The summed E-state index contributed by atoms with van der Waals surface area (Å²) in [7, 11) is -2.55. The molecule has 0 aliphatic heterocycles. The van der Waals surface area contributed by atoms with E-state index in [1.165, 1.54) is 31.0 Å². The maximum absolute atomic E-state index is 12.1. The zero-order valence-corrected chi connectivity index (χ0v) is 12.6. The molecule has 20 heavy (non-hydrogen) atoms. The van der Waals surface area contributed by atoms with Crippen molar-refractivity contribution in [2.24, 2.45) is 0 Å². The van der Waals surface area contributed by atoms with E-state index in [9.17, 15) is 13.2 Å². The third kappa shape index (κ3) is 4.56. The number of esters is 1. The van der Waals surface area contributed by atoms with Crippen LogP contribution in [0.15, 0.2) is 29.2 Å². The Bertz CT molecular complexity index is 605. The van der Waals surface area contributed by atoms with Crippen molar-refractivity contribution >= 4 is 27.8 Å². The van der Waals surface area contributed by atoms with Crippen LogP contribution in [0.25, 0.3) is 0 Å². The highest BCUT2D eigenvalue weighted by atomic mass is 32.2. The highest BCUT2D eigenvalue weighted by Gasteiger charge is 2.21. The number of carbonyl (C=O) groups excluding carboxylic acids is 1. The number of hydrogen-bond acceptors (Lipinski definition) is 5.